The van der Waals surface area contributed by atoms with Crippen molar-refractivity contribution >= 4 is 11.7 Å². The average Bonchev–Trinajstić information content (AvgIpc) is 1.98. The molecule has 0 aromatic heterocycles. The smallest absolute Gasteiger partial charge is 0.123 e. The predicted molar refractivity (Wildman–Crippen MR) is 53.6 cm³/mol. The molecule has 0 rings (SSSR count). The third kappa shape index (κ3) is 3.95. The molecule has 70 valence electrons. The van der Waals surface area contributed by atoms with Crippen LogP contribution in [0.4, 0.5) is 0 Å². The van der Waals surface area contributed by atoms with Gasteiger partial charge in [-0.15, -0.1) is 10.2 Å². The van der Waals surface area contributed by atoms with Gasteiger partial charge in [0, 0.05) is 28.2 Å². The van der Waals surface area contributed by atoms with Crippen molar-refractivity contribution in [1.82, 2.24) is 9.80 Å². The molecule has 0 atom stereocenters. The Kier molecular flexibility index (Phi) is 4.33. The van der Waals surface area contributed by atoms with E-state index in [1.807, 2.05) is 51.8 Å². The van der Waals surface area contributed by atoms with Gasteiger partial charge in [-0.3, -0.25) is 0 Å². The first-order chi connectivity index (χ1) is 5.45. The summed E-state index contributed by atoms with van der Waals surface area (Å²) in [5.41, 5.74) is 0. The molecular formula is C8H18N4. The summed E-state index contributed by atoms with van der Waals surface area (Å²) < 4.78 is 0. The summed E-state index contributed by atoms with van der Waals surface area (Å²) in [7, 11) is 7.78. The van der Waals surface area contributed by atoms with Crippen molar-refractivity contribution in [1.29, 1.82) is 0 Å². The van der Waals surface area contributed by atoms with Crippen molar-refractivity contribution in [2.24, 2.45) is 10.2 Å². The lowest BCUT2D eigenvalue weighted by atomic mass is 10.6. The lowest BCUT2D eigenvalue weighted by Gasteiger charge is -2.11. The summed E-state index contributed by atoms with van der Waals surface area (Å²) in [6, 6.07) is 0. The fourth-order valence-electron chi connectivity index (χ4n) is 0.324. The van der Waals surface area contributed by atoms with E-state index in [0.29, 0.717) is 0 Å². The molecule has 0 aromatic rings. The van der Waals surface area contributed by atoms with Crippen molar-refractivity contribution in [2.75, 3.05) is 28.2 Å². The molecule has 0 spiro atoms. The van der Waals surface area contributed by atoms with Crippen molar-refractivity contribution < 1.29 is 0 Å². The summed E-state index contributed by atoms with van der Waals surface area (Å²) in [6.45, 7) is 3.85. The Morgan fingerprint density at radius 3 is 1.17 bits per heavy atom. The molecule has 0 heterocycles. The second-order valence-corrected chi connectivity index (χ2v) is 3.08. The fraction of sp³-hybridized carbons (Fsp3) is 0.750. The fourth-order valence-corrected chi connectivity index (χ4v) is 0.324. The number of amidine groups is 2. The minimum Gasteiger partial charge on any atom is -0.365 e. The van der Waals surface area contributed by atoms with E-state index in [1.54, 1.807) is 0 Å². The zero-order chi connectivity index (χ0) is 9.72. The third-order valence-corrected chi connectivity index (χ3v) is 1.63. The van der Waals surface area contributed by atoms with Crippen molar-refractivity contribution in [3.8, 4) is 0 Å². The molecule has 0 amide bonds. The summed E-state index contributed by atoms with van der Waals surface area (Å²) in [6.07, 6.45) is 0. The highest BCUT2D eigenvalue weighted by molar-refractivity contribution is 5.82. The van der Waals surface area contributed by atoms with E-state index in [4.69, 9.17) is 0 Å². The van der Waals surface area contributed by atoms with E-state index in [0.717, 1.165) is 11.7 Å². The van der Waals surface area contributed by atoms with E-state index < -0.39 is 0 Å². The molecule has 0 saturated heterocycles. The van der Waals surface area contributed by atoms with E-state index in [-0.39, 0.29) is 0 Å². The molecule has 0 aliphatic heterocycles. The van der Waals surface area contributed by atoms with Gasteiger partial charge in [0.15, 0.2) is 0 Å². The second-order valence-electron chi connectivity index (χ2n) is 3.08. The van der Waals surface area contributed by atoms with Crippen LogP contribution < -0.4 is 0 Å². The van der Waals surface area contributed by atoms with Crippen molar-refractivity contribution in [3.63, 3.8) is 0 Å². The second kappa shape index (κ2) is 4.74. The Bertz CT molecular complexity index is 169. The SMILES string of the molecule is C/C(=N\N=C(/C)N(C)C)N(C)C. The summed E-state index contributed by atoms with van der Waals surface area (Å²) >= 11 is 0. The Balaban J connectivity index is 4.27. The van der Waals surface area contributed by atoms with Crippen LogP contribution >= 0.6 is 0 Å². The highest BCUT2D eigenvalue weighted by Gasteiger charge is 1.93. The molecular weight excluding hydrogens is 152 g/mol. The summed E-state index contributed by atoms with van der Waals surface area (Å²) in [5, 5.41) is 8.07. The monoisotopic (exact) mass is 170 g/mol. The maximum atomic E-state index is 4.03. The normalized spacial score (nSPS) is 13.2. The zero-order valence-electron chi connectivity index (χ0n) is 8.79. The molecule has 12 heavy (non-hydrogen) atoms. The molecule has 0 bridgehead atoms. The van der Waals surface area contributed by atoms with Gasteiger partial charge in [-0.2, -0.15) is 0 Å². The summed E-state index contributed by atoms with van der Waals surface area (Å²) in [5.74, 6) is 1.80. The first-order valence-corrected chi connectivity index (χ1v) is 3.88. The van der Waals surface area contributed by atoms with E-state index in [2.05, 4.69) is 10.2 Å². The molecule has 0 aliphatic carbocycles. The Hall–Kier alpha value is -1.06. The van der Waals surface area contributed by atoms with E-state index in [9.17, 15) is 0 Å². The average molecular weight is 170 g/mol. The third-order valence-electron chi connectivity index (χ3n) is 1.63. The molecule has 4 heteroatoms. The standard InChI is InChI=1S/C8H18N4/c1-7(11(3)4)9-10-8(2)12(5)6/h1-6H3/b9-7+,10-8+. The number of hydrogen-bond donors (Lipinski definition) is 0. The highest BCUT2D eigenvalue weighted by atomic mass is 15.3. The van der Waals surface area contributed by atoms with Crippen LogP contribution in [0.1, 0.15) is 13.8 Å². The Morgan fingerprint density at radius 2 is 1.00 bits per heavy atom. The van der Waals surface area contributed by atoms with Crippen LogP contribution in [0.2, 0.25) is 0 Å². The van der Waals surface area contributed by atoms with Gasteiger partial charge in [0.2, 0.25) is 0 Å². The maximum absolute atomic E-state index is 4.03. The molecule has 0 fully saturated rings. The predicted octanol–water partition coefficient (Wildman–Crippen LogP) is 0.861. The molecule has 0 aliphatic rings. The van der Waals surface area contributed by atoms with Crippen LogP contribution in [0.5, 0.6) is 0 Å². The van der Waals surface area contributed by atoms with Crippen LogP contribution in [-0.4, -0.2) is 49.7 Å². The van der Waals surface area contributed by atoms with Gasteiger partial charge in [0.1, 0.15) is 11.7 Å². The van der Waals surface area contributed by atoms with Gasteiger partial charge in [0.05, 0.1) is 0 Å². The highest BCUT2D eigenvalue weighted by Crippen LogP contribution is 1.87. The molecule has 0 radical (unpaired) electrons. The van der Waals surface area contributed by atoms with E-state index in [1.165, 1.54) is 0 Å². The first-order valence-electron chi connectivity index (χ1n) is 3.88. The van der Waals surface area contributed by atoms with Crippen LogP contribution in [0.3, 0.4) is 0 Å². The van der Waals surface area contributed by atoms with Gasteiger partial charge in [-0.1, -0.05) is 0 Å². The minimum absolute atomic E-state index is 0.899. The van der Waals surface area contributed by atoms with Crippen LogP contribution in [0, 0.1) is 0 Å². The van der Waals surface area contributed by atoms with Gasteiger partial charge in [-0.25, -0.2) is 0 Å². The molecule has 0 unspecified atom stereocenters. The molecule has 0 saturated carbocycles. The van der Waals surface area contributed by atoms with Crippen LogP contribution in [-0.2, 0) is 0 Å². The van der Waals surface area contributed by atoms with Crippen LogP contribution in [0.15, 0.2) is 10.2 Å². The van der Waals surface area contributed by atoms with Crippen LogP contribution in [0.25, 0.3) is 0 Å². The number of nitrogens with zero attached hydrogens (tertiary/aromatic N) is 4. The van der Waals surface area contributed by atoms with Crippen molar-refractivity contribution in [2.45, 2.75) is 13.8 Å². The Labute approximate surface area is 74.6 Å². The molecule has 0 N–H and O–H groups in total. The largest absolute Gasteiger partial charge is 0.365 e. The minimum atomic E-state index is 0.899. The number of rotatable bonds is 1. The lowest BCUT2D eigenvalue weighted by Crippen LogP contribution is -2.20. The van der Waals surface area contributed by atoms with Gasteiger partial charge < -0.3 is 9.80 Å². The maximum Gasteiger partial charge on any atom is 0.123 e. The van der Waals surface area contributed by atoms with Gasteiger partial charge >= 0.3 is 0 Å². The number of hydrogen-bond acceptors (Lipinski definition) is 2. The molecule has 4 nitrogen and oxygen atoms in total. The van der Waals surface area contributed by atoms with Gasteiger partial charge in [-0.05, 0) is 13.8 Å². The van der Waals surface area contributed by atoms with Crippen molar-refractivity contribution in [3.05, 3.63) is 0 Å². The zero-order valence-corrected chi connectivity index (χ0v) is 8.79. The molecule has 0 aromatic carbocycles. The van der Waals surface area contributed by atoms with Gasteiger partial charge in [0.25, 0.3) is 0 Å². The topological polar surface area (TPSA) is 31.2 Å². The van der Waals surface area contributed by atoms with E-state index >= 15 is 0 Å². The Morgan fingerprint density at radius 1 is 0.750 bits per heavy atom. The quantitative estimate of drug-likeness (QED) is 0.332. The lowest BCUT2D eigenvalue weighted by molar-refractivity contribution is 0.604. The summed E-state index contributed by atoms with van der Waals surface area (Å²) in [4.78, 5) is 3.85. The first kappa shape index (κ1) is 10.9.